The number of carbonyl (C=O) groups is 1. The van der Waals surface area contributed by atoms with Crippen molar-refractivity contribution < 1.29 is 9.53 Å². The average Bonchev–Trinajstić information content (AvgIpc) is 2.45. The third-order valence-corrected chi connectivity index (χ3v) is 4.53. The zero-order chi connectivity index (χ0) is 15.3. The van der Waals surface area contributed by atoms with Crippen LogP contribution in [0.3, 0.4) is 0 Å². The second-order valence-corrected chi connectivity index (χ2v) is 7.07. The monoisotopic (exact) mass is 369 g/mol. The molecule has 3 N–H and O–H groups in total. The average molecular weight is 370 g/mol. The zero-order valence-corrected chi connectivity index (χ0v) is 16.0. The fraction of sp³-hybridized carbons (Fsp3) is 0.938. The van der Waals surface area contributed by atoms with Gasteiger partial charge >= 0.3 is 0 Å². The number of rotatable bonds is 5. The van der Waals surface area contributed by atoms with Crippen LogP contribution in [-0.2, 0) is 9.53 Å². The van der Waals surface area contributed by atoms with Crippen molar-refractivity contribution in [2.45, 2.75) is 57.6 Å². The van der Waals surface area contributed by atoms with Gasteiger partial charge in [-0.25, -0.2) is 0 Å². The van der Waals surface area contributed by atoms with E-state index in [2.05, 4.69) is 24.1 Å². The summed E-state index contributed by atoms with van der Waals surface area (Å²) in [6.45, 7) is 8.77. The van der Waals surface area contributed by atoms with E-state index >= 15 is 0 Å². The maximum absolute atomic E-state index is 12.3. The Balaban J connectivity index is 0.00000242. The molecule has 1 atom stereocenters. The molecule has 1 saturated heterocycles. The van der Waals surface area contributed by atoms with Crippen molar-refractivity contribution in [3.8, 4) is 0 Å². The lowest BCUT2D eigenvalue weighted by Gasteiger charge is -2.35. The van der Waals surface area contributed by atoms with Gasteiger partial charge in [-0.15, -0.1) is 24.8 Å². The van der Waals surface area contributed by atoms with E-state index in [4.69, 9.17) is 10.5 Å². The quantitative estimate of drug-likeness (QED) is 0.777. The SMILES string of the molecule is CC(C)CN1CCOC(CNC(=O)C2(N)CCCCC2)C1.Cl.Cl. The Labute approximate surface area is 152 Å². The third-order valence-electron chi connectivity index (χ3n) is 4.53. The first kappa shape index (κ1) is 22.9. The molecule has 1 heterocycles. The lowest BCUT2D eigenvalue weighted by Crippen LogP contribution is -2.57. The molecular weight excluding hydrogens is 337 g/mol. The summed E-state index contributed by atoms with van der Waals surface area (Å²) in [4.78, 5) is 14.7. The first-order valence-corrected chi connectivity index (χ1v) is 8.41. The number of amides is 1. The highest BCUT2D eigenvalue weighted by Crippen LogP contribution is 2.25. The van der Waals surface area contributed by atoms with Gasteiger partial charge in [0.05, 0.1) is 18.2 Å². The van der Waals surface area contributed by atoms with Gasteiger partial charge in [0.1, 0.15) is 0 Å². The molecule has 0 aromatic carbocycles. The minimum atomic E-state index is -0.648. The van der Waals surface area contributed by atoms with Crippen LogP contribution in [0.4, 0.5) is 0 Å². The van der Waals surface area contributed by atoms with Crippen LogP contribution in [0.25, 0.3) is 0 Å². The number of nitrogens with one attached hydrogen (secondary N) is 1. The summed E-state index contributed by atoms with van der Waals surface area (Å²) in [6.07, 6.45) is 5.03. The molecule has 7 heteroatoms. The summed E-state index contributed by atoms with van der Waals surface area (Å²) in [6, 6.07) is 0. The van der Waals surface area contributed by atoms with Crippen molar-refractivity contribution >= 4 is 30.7 Å². The Morgan fingerprint density at radius 2 is 1.96 bits per heavy atom. The normalized spacial score (nSPS) is 24.4. The van der Waals surface area contributed by atoms with E-state index < -0.39 is 5.54 Å². The number of nitrogens with zero attached hydrogens (tertiary/aromatic N) is 1. The van der Waals surface area contributed by atoms with Crippen LogP contribution >= 0.6 is 24.8 Å². The molecule has 2 aliphatic rings. The molecule has 1 aliphatic heterocycles. The maximum Gasteiger partial charge on any atom is 0.240 e. The summed E-state index contributed by atoms with van der Waals surface area (Å²) in [7, 11) is 0. The molecule has 5 nitrogen and oxygen atoms in total. The molecule has 1 saturated carbocycles. The van der Waals surface area contributed by atoms with E-state index in [-0.39, 0.29) is 36.8 Å². The Morgan fingerprint density at radius 1 is 1.30 bits per heavy atom. The first-order chi connectivity index (χ1) is 9.99. The number of carbonyl (C=O) groups excluding carboxylic acids is 1. The van der Waals surface area contributed by atoms with Gasteiger partial charge in [-0.05, 0) is 18.8 Å². The highest BCUT2D eigenvalue weighted by atomic mass is 35.5. The van der Waals surface area contributed by atoms with Crippen molar-refractivity contribution in [2.75, 3.05) is 32.8 Å². The fourth-order valence-corrected chi connectivity index (χ4v) is 3.38. The Hall–Kier alpha value is -0.0700. The minimum absolute atomic E-state index is 0. The third kappa shape index (κ3) is 7.14. The molecule has 0 spiro atoms. The molecule has 0 aromatic rings. The summed E-state index contributed by atoms with van der Waals surface area (Å²) < 4.78 is 5.76. The standard InChI is InChI=1S/C16H31N3O2.2ClH/c1-13(2)11-19-8-9-21-14(12-19)10-18-15(20)16(17)6-4-3-5-7-16;;/h13-14H,3-12,17H2,1-2H3,(H,18,20);2*1H. The Morgan fingerprint density at radius 3 is 2.57 bits per heavy atom. The van der Waals surface area contributed by atoms with Gasteiger partial charge in [0.2, 0.25) is 5.91 Å². The van der Waals surface area contributed by atoms with Gasteiger partial charge in [-0.1, -0.05) is 33.1 Å². The Bertz CT molecular complexity index is 350. The van der Waals surface area contributed by atoms with Gasteiger partial charge in [-0.3, -0.25) is 9.69 Å². The predicted molar refractivity (Wildman–Crippen MR) is 98.5 cm³/mol. The highest BCUT2D eigenvalue weighted by molar-refractivity contribution is 5.86. The number of ether oxygens (including phenoxy) is 1. The van der Waals surface area contributed by atoms with Gasteiger partial charge in [-0.2, -0.15) is 0 Å². The molecule has 0 radical (unpaired) electrons. The van der Waals surface area contributed by atoms with Crippen LogP contribution in [0.1, 0.15) is 46.0 Å². The molecule has 0 bridgehead atoms. The molecule has 2 fully saturated rings. The van der Waals surface area contributed by atoms with Crippen LogP contribution < -0.4 is 11.1 Å². The topological polar surface area (TPSA) is 67.6 Å². The number of hydrogen-bond acceptors (Lipinski definition) is 4. The molecular formula is C16H33Cl2N3O2. The van der Waals surface area contributed by atoms with Crippen LogP contribution in [0.2, 0.25) is 0 Å². The fourth-order valence-electron chi connectivity index (χ4n) is 3.38. The van der Waals surface area contributed by atoms with E-state index in [0.29, 0.717) is 12.5 Å². The minimum Gasteiger partial charge on any atom is -0.374 e. The van der Waals surface area contributed by atoms with Crippen molar-refractivity contribution in [1.29, 1.82) is 0 Å². The van der Waals surface area contributed by atoms with E-state index in [1.54, 1.807) is 0 Å². The summed E-state index contributed by atoms with van der Waals surface area (Å²) in [5.41, 5.74) is 5.60. The van der Waals surface area contributed by atoms with E-state index in [1.807, 2.05) is 0 Å². The van der Waals surface area contributed by atoms with Crippen LogP contribution in [0.5, 0.6) is 0 Å². The smallest absolute Gasteiger partial charge is 0.240 e. The summed E-state index contributed by atoms with van der Waals surface area (Å²) in [5, 5.41) is 3.02. The molecule has 1 unspecified atom stereocenters. The summed E-state index contributed by atoms with van der Waals surface area (Å²) >= 11 is 0. The van der Waals surface area contributed by atoms with Gasteiger partial charge < -0.3 is 15.8 Å². The van der Waals surface area contributed by atoms with Crippen LogP contribution in [-0.4, -0.2) is 55.2 Å². The van der Waals surface area contributed by atoms with Gasteiger partial charge in [0.15, 0.2) is 0 Å². The van der Waals surface area contributed by atoms with Crippen LogP contribution in [0, 0.1) is 5.92 Å². The first-order valence-electron chi connectivity index (χ1n) is 8.41. The maximum atomic E-state index is 12.3. The lowest BCUT2D eigenvalue weighted by molar-refractivity contribution is -0.128. The van der Waals surface area contributed by atoms with Crippen molar-refractivity contribution in [3.05, 3.63) is 0 Å². The van der Waals surface area contributed by atoms with Crippen LogP contribution in [0.15, 0.2) is 0 Å². The largest absolute Gasteiger partial charge is 0.374 e. The molecule has 1 amide bonds. The lowest BCUT2D eigenvalue weighted by atomic mass is 9.82. The highest BCUT2D eigenvalue weighted by Gasteiger charge is 2.35. The molecule has 1 aliphatic carbocycles. The van der Waals surface area contributed by atoms with Crippen molar-refractivity contribution in [2.24, 2.45) is 11.7 Å². The molecule has 2 rings (SSSR count). The molecule has 0 aromatic heterocycles. The number of nitrogens with two attached hydrogens (primary N) is 1. The number of hydrogen-bond donors (Lipinski definition) is 2. The van der Waals surface area contributed by atoms with E-state index in [1.165, 1.54) is 6.42 Å². The molecule has 23 heavy (non-hydrogen) atoms. The summed E-state index contributed by atoms with van der Waals surface area (Å²) in [5.74, 6) is 0.666. The Kier molecular flexibility index (Phi) is 10.7. The number of morpholine rings is 1. The predicted octanol–water partition coefficient (Wildman–Crippen LogP) is 1.96. The van der Waals surface area contributed by atoms with Crippen molar-refractivity contribution in [1.82, 2.24) is 10.2 Å². The van der Waals surface area contributed by atoms with Crippen molar-refractivity contribution in [3.63, 3.8) is 0 Å². The second-order valence-electron chi connectivity index (χ2n) is 7.07. The van der Waals surface area contributed by atoms with E-state index in [0.717, 1.165) is 51.9 Å². The van der Waals surface area contributed by atoms with E-state index in [9.17, 15) is 4.79 Å². The van der Waals surface area contributed by atoms with Gasteiger partial charge in [0, 0.05) is 26.2 Å². The zero-order valence-electron chi connectivity index (χ0n) is 14.4. The number of halogens is 2. The van der Waals surface area contributed by atoms with Gasteiger partial charge in [0.25, 0.3) is 0 Å². The molecule has 138 valence electrons. The second kappa shape index (κ2) is 10.7.